The molecule has 0 aromatic heterocycles. The summed E-state index contributed by atoms with van der Waals surface area (Å²) in [5.41, 5.74) is 7.09. The van der Waals surface area contributed by atoms with Gasteiger partial charge in [-0.05, 0) is 99.4 Å². The van der Waals surface area contributed by atoms with Gasteiger partial charge in [0.05, 0.1) is 18.6 Å². The Balaban J connectivity index is 0.000000520. The number of fused-ring (bicyclic) bond motifs is 2. The Morgan fingerprint density at radius 3 is 2.38 bits per heavy atom. The van der Waals surface area contributed by atoms with Crippen LogP contribution in [0.1, 0.15) is 55.0 Å². The van der Waals surface area contributed by atoms with Gasteiger partial charge in [-0.15, -0.1) is 13.2 Å². The molecule has 0 spiro atoms. The first-order valence-corrected chi connectivity index (χ1v) is 11.6. The Kier molecular flexibility index (Phi) is 8.89. The van der Waals surface area contributed by atoms with E-state index in [-0.39, 0.29) is 12.2 Å². The second-order valence-corrected chi connectivity index (χ2v) is 9.75. The van der Waals surface area contributed by atoms with Crippen molar-refractivity contribution in [1.82, 2.24) is 0 Å². The fraction of sp³-hybridized carbons (Fsp3) is 0.464. The Morgan fingerprint density at radius 1 is 1.18 bits per heavy atom. The lowest BCUT2D eigenvalue weighted by Gasteiger charge is -2.25. The van der Waals surface area contributed by atoms with Crippen LogP contribution in [-0.2, 0) is 24.1 Å². The summed E-state index contributed by atoms with van der Waals surface area (Å²) in [4.78, 5) is 13.7. The highest BCUT2D eigenvalue weighted by atomic mass is 19.1. The van der Waals surface area contributed by atoms with E-state index in [1.165, 1.54) is 6.07 Å². The standard InChI is InChI=1S/C22H24FNO3.C4H10O.C2H4/c1-12-9-19-15(6-7-24(19)3)21(16(12)11-20(25)26)17-10-18(23)22-14(13(17)2)5-4-8-27-22;1-4(2,3)5;1-2/h9-10H,4-8,11H2,1-3H3,(H,25,26);5H,1-3H3;1-2H2. The number of aliphatic carboxylic acids is 1. The monoisotopic (exact) mass is 471 g/mol. The van der Waals surface area contributed by atoms with Crippen LogP contribution in [0.2, 0.25) is 0 Å². The van der Waals surface area contributed by atoms with E-state index in [1.807, 2.05) is 20.9 Å². The van der Waals surface area contributed by atoms with Crippen LogP contribution in [0.3, 0.4) is 0 Å². The van der Waals surface area contributed by atoms with Crippen LogP contribution in [0.5, 0.6) is 5.75 Å². The number of hydrogen-bond donors (Lipinski definition) is 2. The van der Waals surface area contributed by atoms with Gasteiger partial charge >= 0.3 is 5.97 Å². The lowest BCUT2D eigenvalue weighted by molar-refractivity contribution is -0.136. The summed E-state index contributed by atoms with van der Waals surface area (Å²) in [6.07, 6.45) is 2.43. The summed E-state index contributed by atoms with van der Waals surface area (Å²) in [5.74, 6) is -0.859. The molecule has 0 saturated heterocycles. The summed E-state index contributed by atoms with van der Waals surface area (Å²) in [7, 11) is 2.04. The van der Waals surface area contributed by atoms with E-state index in [2.05, 4.69) is 24.1 Å². The lowest BCUT2D eigenvalue weighted by atomic mass is 9.84. The zero-order valence-corrected chi connectivity index (χ0v) is 21.3. The van der Waals surface area contributed by atoms with Crippen LogP contribution in [-0.4, -0.2) is 42.0 Å². The van der Waals surface area contributed by atoms with Gasteiger partial charge in [0.1, 0.15) is 0 Å². The predicted octanol–water partition coefficient (Wildman–Crippen LogP) is 5.63. The smallest absolute Gasteiger partial charge is 0.307 e. The fourth-order valence-corrected chi connectivity index (χ4v) is 4.50. The number of aryl methyl sites for hydroxylation is 1. The summed E-state index contributed by atoms with van der Waals surface area (Å²) < 4.78 is 20.4. The third-order valence-electron chi connectivity index (χ3n) is 5.88. The molecule has 2 aliphatic rings. The lowest BCUT2D eigenvalue weighted by Crippen LogP contribution is -2.14. The molecule has 0 unspecified atom stereocenters. The van der Waals surface area contributed by atoms with Crippen molar-refractivity contribution in [2.24, 2.45) is 0 Å². The summed E-state index contributed by atoms with van der Waals surface area (Å²) in [5, 5.41) is 18.0. The molecule has 0 fully saturated rings. The molecule has 5 nitrogen and oxygen atoms in total. The van der Waals surface area contributed by atoms with Crippen molar-refractivity contribution in [3.8, 4) is 16.9 Å². The van der Waals surface area contributed by atoms with E-state index < -0.39 is 11.6 Å². The average molecular weight is 472 g/mol. The molecule has 0 amide bonds. The molecule has 0 atom stereocenters. The van der Waals surface area contributed by atoms with Crippen LogP contribution in [0.25, 0.3) is 11.1 Å². The molecular weight excluding hydrogens is 433 g/mol. The summed E-state index contributed by atoms with van der Waals surface area (Å²) in [6.45, 7) is 16.6. The maximum Gasteiger partial charge on any atom is 0.307 e. The first-order valence-electron chi connectivity index (χ1n) is 11.6. The number of ether oxygens (including phenoxy) is 1. The van der Waals surface area contributed by atoms with Crippen molar-refractivity contribution in [1.29, 1.82) is 0 Å². The van der Waals surface area contributed by atoms with Gasteiger partial charge in [-0.2, -0.15) is 0 Å². The zero-order chi connectivity index (χ0) is 25.8. The number of aliphatic hydroxyl groups is 1. The molecule has 6 heteroatoms. The average Bonchev–Trinajstić information content (AvgIpc) is 3.12. The number of carboxylic acid groups (broad SMARTS) is 1. The van der Waals surface area contributed by atoms with Crippen LogP contribution in [0.15, 0.2) is 25.3 Å². The van der Waals surface area contributed by atoms with Crippen molar-refractivity contribution < 1.29 is 24.1 Å². The van der Waals surface area contributed by atoms with Crippen LogP contribution in [0, 0.1) is 19.7 Å². The minimum Gasteiger partial charge on any atom is -0.490 e. The second-order valence-electron chi connectivity index (χ2n) is 9.75. The molecule has 2 aliphatic heterocycles. The predicted molar refractivity (Wildman–Crippen MR) is 137 cm³/mol. The molecule has 0 radical (unpaired) electrons. The normalized spacial score (nSPS) is 14.1. The highest BCUT2D eigenvalue weighted by molar-refractivity contribution is 5.86. The molecule has 34 heavy (non-hydrogen) atoms. The van der Waals surface area contributed by atoms with Gasteiger partial charge in [-0.25, -0.2) is 4.39 Å². The highest BCUT2D eigenvalue weighted by Crippen LogP contribution is 2.44. The first kappa shape index (κ1) is 27.4. The molecule has 2 aromatic carbocycles. The number of nitrogens with zero attached hydrogens (tertiary/aromatic N) is 1. The third-order valence-corrected chi connectivity index (χ3v) is 5.88. The van der Waals surface area contributed by atoms with E-state index in [0.717, 1.165) is 70.4 Å². The highest BCUT2D eigenvalue weighted by Gasteiger charge is 2.28. The number of carbonyl (C=O) groups is 1. The van der Waals surface area contributed by atoms with Gasteiger partial charge < -0.3 is 19.8 Å². The van der Waals surface area contributed by atoms with Gasteiger partial charge in [-0.1, -0.05) is 0 Å². The maximum atomic E-state index is 14.9. The minimum atomic E-state index is -0.870. The van der Waals surface area contributed by atoms with Crippen molar-refractivity contribution in [3.05, 3.63) is 58.9 Å². The first-order chi connectivity index (χ1) is 15.9. The number of halogens is 1. The number of carboxylic acids is 1. The molecule has 186 valence electrons. The zero-order valence-electron chi connectivity index (χ0n) is 21.3. The Morgan fingerprint density at radius 2 is 1.79 bits per heavy atom. The largest absolute Gasteiger partial charge is 0.490 e. The van der Waals surface area contributed by atoms with E-state index in [0.29, 0.717) is 12.4 Å². The van der Waals surface area contributed by atoms with Crippen molar-refractivity contribution in [3.63, 3.8) is 0 Å². The SMILES string of the molecule is C=C.CC(C)(C)O.Cc1cc2c(c(-c3cc(F)c4c(c3C)CCCO4)c1CC(=O)O)CCN2C. The van der Waals surface area contributed by atoms with Gasteiger partial charge in [0.2, 0.25) is 0 Å². The van der Waals surface area contributed by atoms with E-state index in [1.54, 1.807) is 20.8 Å². The Hall–Kier alpha value is -2.86. The van der Waals surface area contributed by atoms with Crippen molar-refractivity contribution in [2.75, 3.05) is 25.1 Å². The molecular formula is C28H38FNO4. The van der Waals surface area contributed by atoms with Gasteiger partial charge in [0, 0.05) is 24.8 Å². The summed E-state index contributed by atoms with van der Waals surface area (Å²) in [6, 6.07) is 3.61. The maximum absolute atomic E-state index is 14.9. The molecule has 2 heterocycles. The van der Waals surface area contributed by atoms with Crippen molar-refractivity contribution in [2.45, 2.75) is 65.9 Å². The van der Waals surface area contributed by atoms with Crippen LogP contribution >= 0.6 is 0 Å². The van der Waals surface area contributed by atoms with Crippen LogP contribution < -0.4 is 9.64 Å². The van der Waals surface area contributed by atoms with E-state index in [4.69, 9.17) is 9.84 Å². The van der Waals surface area contributed by atoms with E-state index in [9.17, 15) is 14.3 Å². The topological polar surface area (TPSA) is 70.0 Å². The third kappa shape index (κ3) is 6.17. The summed E-state index contributed by atoms with van der Waals surface area (Å²) >= 11 is 0. The Labute approximate surface area is 202 Å². The molecule has 2 N–H and O–H groups in total. The quantitative estimate of drug-likeness (QED) is 0.568. The molecule has 2 aromatic rings. The number of anilines is 1. The molecule has 4 rings (SSSR count). The number of benzene rings is 2. The number of hydrogen-bond acceptors (Lipinski definition) is 4. The number of likely N-dealkylation sites (N-methyl/N-ethyl adjacent to an activating group) is 1. The van der Waals surface area contributed by atoms with Gasteiger partial charge in [-0.3, -0.25) is 4.79 Å². The molecule has 0 aliphatic carbocycles. The number of rotatable bonds is 3. The Bertz CT molecular complexity index is 1050. The molecule has 0 saturated carbocycles. The fourth-order valence-electron chi connectivity index (χ4n) is 4.50. The van der Waals surface area contributed by atoms with E-state index >= 15 is 0 Å². The second kappa shape index (κ2) is 11.0. The van der Waals surface area contributed by atoms with Crippen LogP contribution in [0.4, 0.5) is 10.1 Å². The van der Waals surface area contributed by atoms with Gasteiger partial charge in [0.15, 0.2) is 11.6 Å². The minimum absolute atomic E-state index is 0.0627. The van der Waals surface area contributed by atoms with Crippen molar-refractivity contribution >= 4 is 11.7 Å². The molecule has 0 bridgehead atoms. The van der Waals surface area contributed by atoms with Gasteiger partial charge in [0.25, 0.3) is 0 Å².